The van der Waals surface area contributed by atoms with Gasteiger partial charge in [-0.15, -0.1) is 0 Å². The van der Waals surface area contributed by atoms with Crippen LogP contribution in [-0.4, -0.2) is 28.6 Å². The van der Waals surface area contributed by atoms with Crippen LogP contribution in [-0.2, 0) is 4.79 Å². The Morgan fingerprint density at radius 2 is 2.56 bits per heavy atom. The molecule has 1 rings (SSSR count). The lowest BCUT2D eigenvalue weighted by molar-refractivity contribution is -0.122. The number of carbonyl (C=O) groups is 1. The third-order valence-electron chi connectivity index (χ3n) is 1.23. The summed E-state index contributed by atoms with van der Waals surface area (Å²) in [5, 5.41) is 0. The highest BCUT2D eigenvalue weighted by Crippen LogP contribution is 2.05. The molecule has 0 aliphatic carbocycles. The Morgan fingerprint density at radius 3 is 2.78 bits per heavy atom. The molecule has 0 spiro atoms. The molecule has 0 saturated carbocycles. The Labute approximate surface area is 61.9 Å². The second-order valence-corrected chi connectivity index (χ2v) is 2.50. The summed E-state index contributed by atoms with van der Waals surface area (Å²) in [6, 6.07) is 0. The van der Waals surface area contributed by atoms with Gasteiger partial charge in [-0.05, 0) is 22.9 Å². The van der Waals surface area contributed by atoms with Crippen molar-refractivity contribution >= 4 is 26.5 Å². The monoisotopic (exact) mass is 190 g/mol. The molecule has 0 N–H and O–H groups in total. The molecular weight excluding hydrogens is 184 g/mol. The van der Waals surface area contributed by atoms with E-state index in [1.54, 1.807) is 4.90 Å². The summed E-state index contributed by atoms with van der Waals surface area (Å²) in [5.74, 6) is -0.00231. The maximum atomic E-state index is 10.9. The minimum Gasteiger partial charge on any atom is -0.318 e. The van der Waals surface area contributed by atoms with Crippen LogP contribution in [0.2, 0.25) is 0 Å². The predicted molar refractivity (Wildman–Crippen MR) is 38.6 cm³/mol. The minimum absolute atomic E-state index is 0.00231. The summed E-state index contributed by atoms with van der Waals surface area (Å²) in [6.45, 7) is 3.17. The van der Waals surface area contributed by atoms with Crippen molar-refractivity contribution in [1.29, 1.82) is 0 Å². The van der Waals surface area contributed by atoms with Gasteiger partial charge in [0.1, 0.15) is 6.67 Å². The molecule has 0 atom stereocenters. The third kappa shape index (κ3) is 1.13. The van der Waals surface area contributed by atoms with Gasteiger partial charge in [-0.1, -0.05) is 0 Å². The molecule has 0 fully saturated rings. The van der Waals surface area contributed by atoms with Crippen molar-refractivity contribution in [1.82, 2.24) is 4.90 Å². The van der Waals surface area contributed by atoms with E-state index in [-0.39, 0.29) is 5.91 Å². The molecule has 0 unspecified atom stereocenters. The van der Waals surface area contributed by atoms with Crippen LogP contribution < -0.4 is 0 Å². The van der Waals surface area contributed by atoms with Crippen LogP contribution in [0.1, 0.15) is 6.92 Å². The smallest absolute Gasteiger partial charge is 0.280 e. The van der Waals surface area contributed by atoms with Gasteiger partial charge in [0.25, 0.3) is 5.91 Å². The lowest BCUT2D eigenvalue weighted by Crippen LogP contribution is -2.27. The number of rotatable bonds is 1. The highest BCUT2D eigenvalue weighted by Gasteiger charge is 2.20. The third-order valence-corrected chi connectivity index (χ3v) is 1.82. The fourth-order valence-electron chi connectivity index (χ4n) is 0.653. The minimum atomic E-state index is -0.00231. The average molecular weight is 191 g/mol. The second-order valence-electron chi connectivity index (χ2n) is 1.75. The standard InChI is InChI=1S/C5H7BrN2O/c1-2-8-3-7-4(6)5(8)9/h2-3H2,1H3. The topological polar surface area (TPSA) is 32.7 Å². The van der Waals surface area contributed by atoms with Gasteiger partial charge in [-0.25, -0.2) is 0 Å². The lowest BCUT2D eigenvalue weighted by atomic mass is 10.6. The molecule has 0 aromatic carbocycles. The molecule has 1 aliphatic heterocycles. The number of hydrogen-bond donors (Lipinski definition) is 0. The summed E-state index contributed by atoms with van der Waals surface area (Å²) >= 11 is 3.04. The molecule has 9 heavy (non-hydrogen) atoms. The van der Waals surface area contributed by atoms with Crippen molar-refractivity contribution in [3.8, 4) is 0 Å². The van der Waals surface area contributed by atoms with E-state index in [0.29, 0.717) is 11.3 Å². The predicted octanol–water partition coefficient (Wildman–Crippen LogP) is 0.599. The summed E-state index contributed by atoms with van der Waals surface area (Å²) in [6.07, 6.45) is 0. The van der Waals surface area contributed by atoms with E-state index in [9.17, 15) is 4.79 Å². The molecule has 50 valence electrons. The van der Waals surface area contributed by atoms with E-state index in [4.69, 9.17) is 0 Å². The Hall–Kier alpha value is -0.380. The first-order valence-electron chi connectivity index (χ1n) is 2.75. The summed E-state index contributed by atoms with van der Waals surface area (Å²) < 4.78 is 0.448. The SMILES string of the molecule is CCN1CN=C(Br)C1=O. The fourth-order valence-corrected chi connectivity index (χ4v) is 1.02. The molecule has 4 heteroatoms. The van der Waals surface area contributed by atoms with Gasteiger partial charge >= 0.3 is 0 Å². The number of aliphatic imine (C=N–C) groups is 1. The van der Waals surface area contributed by atoms with E-state index < -0.39 is 0 Å². The lowest BCUT2D eigenvalue weighted by Gasteiger charge is -2.08. The van der Waals surface area contributed by atoms with Gasteiger partial charge in [0, 0.05) is 6.54 Å². The Balaban J connectivity index is 2.62. The molecule has 0 bridgehead atoms. The molecule has 1 heterocycles. The molecule has 3 nitrogen and oxygen atoms in total. The molecule has 0 aromatic heterocycles. The van der Waals surface area contributed by atoms with Crippen molar-refractivity contribution < 1.29 is 4.79 Å². The normalized spacial score (nSPS) is 18.7. The molecule has 1 amide bonds. The first kappa shape index (κ1) is 6.74. The van der Waals surface area contributed by atoms with Crippen LogP contribution in [0, 0.1) is 0 Å². The van der Waals surface area contributed by atoms with Gasteiger partial charge in [0.15, 0.2) is 4.62 Å². The van der Waals surface area contributed by atoms with Crippen molar-refractivity contribution in [2.75, 3.05) is 13.2 Å². The van der Waals surface area contributed by atoms with E-state index in [1.807, 2.05) is 6.92 Å². The van der Waals surface area contributed by atoms with Crippen LogP contribution >= 0.6 is 15.9 Å². The van der Waals surface area contributed by atoms with E-state index in [1.165, 1.54) is 0 Å². The highest BCUT2D eigenvalue weighted by molar-refractivity contribution is 9.19. The van der Waals surface area contributed by atoms with Gasteiger partial charge < -0.3 is 4.90 Å². The Bertz CT molecular complexity index is 166. The summed E-state index contributed by atoms with van der Waals surface area (Å²) in [5.41, 5.74) is 0. The summed E-state index contributed by atoms with van der Waals surface area (Å²) in [7, 11) is 0. The molecule has 0 aromatic rings. The van der Waals surface area contributed by atoms with Crippen molar-refractivity contribution in [2.24, 2.45) is 4.99 Å². The van der Waals surface area contributed by atoms with Crippen molar-refractivity contribution in [3.05, 3.63) is 0 Å². The van der Waals surface area contributed by atoms with Crippen LogP contribution in [0.4, 0.5) is 0 Å². The zero-order chi connectivity index (χ0) is 6.85. The van der Waals surface area contributed by atoms with Crippen LogP contribution in [0.3, 0.4) is 0 Å². The maximum Gasteiger partial charge on any atom is 0.280 e. The van der Waals surface area contributed by atoms with E-state index in [0.717, 1.165) is 6.54 Å². The zero-order valence-electron chi connectivity index (χ0n) is 5.09. The van der Waals surface area contributed by atoms with Crippen molar-refractivity contribution in [2.45, 2.75) is 6.92 Å². The zero-order valence-corrected chi connectivity index (χ0v) is 6.68. The maximum absolute atomic E-state index is 10.9. The molecule has 0 saturated heterocycles. The van der Waals surface area contributed by atoms with Gasteiger partial charge in [0.2, 0.25) is 0 Å². The number of amides is 1. The highest BCUT2D eigenvalue weighted by atomic mass is 79.9. The van der Waals surface area contributed by atoms with Gasteiger partial charge in [0.05, 0.1) is 0 Å². The van der Waals surface area contributed by atoms with E-state index in [2.05, 4.69) is 20.9 Å². The van der Waals surface area contributed by atoms with Gasteiger partial charge in [-0.2, -0.15) is 0 Å². The molecule has 0 radical (unpaired) electrons. The van der Waals surface area contributed by atoms with Crippen molar-refractivity contribution in [3.63, 3.8) is 0 Å². The fraction of sp³-hybridized carbons (Fsp3) is 0.600. The second kappa shape index (κ2) is 2.47. The first-order chi connectivity index (χ1) is 4.25. The number of carbonyl (C=O) groups excluding carboxylic acids is 1. The quantitative estimate of drug-likeness (QED) is 0.597. The Kier molecular flexibility index (Phi) is 1.85. The summed E-state index contributed by atoms with van der Waals surface area (Å²) in [4.78, 5) is 16.4. The molecule has 1 aliphatic rings. The van der Waals surface area contributed by atoms with Crippen LogP contribution in [0.25, 0.3) is 0 Å². The van der Waals surface area contributed by atoms with Crippen LogP contribution in [0.15, 0.2) is 4.99 Å². The largest absolute Gasteiger partial charge is 0.318 e. The average Bonchev–Trinajstić information content (AvgIpc) is 2.15. The van der Waals surface area contributed by atoms with Gasteiger partial charge in [-0.3, -0.25) is 9.79 Å². The van der Waals surface area contributed by atoms with Crippen LogP contribution in [0.5, 0.6) is 0 Å². The first-order valence-corrected chi connectivity index (χ1v) is 3.54. The Morgan fingerprint density at radius 1 is 1.89 bits per heavy atom. The van der Waals surface area contributed by atoms with E-state index >= 15 is 0 Å². The number of nitrogens with zero attached hydrogens (tertiary/aromatic N) is 2. The number of halogens is 1. The molecular formula is C5H7BrN2O. The number of hydrogen-bond acceptors (Lipinski definition) is 2.